The van der Waals surface area contributed by atoms with Crippen LogP contribution in [0.25, 0.3) is 0 Å². The maximum atomic E-state index is 5.70. The third kappa shape index (κ3) is 13.4. The van der Waals surface area contributed by atoms with E-state index in [0.29, 0.717) is 6.54 Å². The third-order valence-corrected chi connectivity index (χ3v) is 5.49. The van der Waals surface area contributed by atoms with Crippen LogP contribution in [0.5, 0.6) is 0 Å². The Kier molecular flexibility index (Phi) is 18.0. The quantitative estimate of drug-likeness (QED) is 0.0851. The number of allylic oxidation sites excluding steroid dienone is 8. The maximum absolute atomic E-state index is 5.70. The molecule has 0 heterocycles. The highest BCUT2D eigenvalue weighted by molar-refractivity contribution is 5.72. The summed E-state index contributed by atoms with van der Waals surface area (Å²) in [7, 11) is 3.60. The fourth-order valence-corrected chi connectivity index (χ4v) is 3.54. The molecule has 0 aromatic rings. The van der Waals surface area contributed by atoms with Gasteiger partial charge in [0, 0.05) is 19.8 Å². The van der Waals surface area contributed by atoms with Crippen molar-refractivity contribution in [3.05, 3.63) is 69.6 Å². The van der Waals surface area contributed by atoms with Crippen molar-refractivity contribution in [3.8, 4) is 0 Å². The lowest BCUT2D eigenvalue weighted by atomic mass is 10.0. The second kappa shape index (κ2) is 19.5. The number of hydrogen-bond donors (Lipinski definition) is 3. The van der Waals surface area contributed by atoms with Gasteiger partial charge in [-0.05, 0) is 95.2 Å². The smallest absolute Gasteiger partial charge is 0.125 e. The first kappa shape index (κ1) is 33.3. The van der Waals surface area contributed by atoms with Gasteiger partial charge < -0.3 is 20.2 Å². The first-order valence-electron chi connectivity index (χ1n) is 13.2. The van der Waals surface area contributed by atoms with Gasteiger partial charge in [-0.2, -0.15) is 0 Å². The minimum atomic E-state index is 0.151. The predicted molar refractivity (Wildman–Crippen MR) is 156 cm³/mol. The zero-order chi connectivity index (χ0) is 27.5. The zero-order valence-corrected chi connectivity index (χ0v) is 24.8. The van der Waals surface area contributed by atoms with Crippen LogP contribution in [-0.4, -0.2) is 33.0 Å². The predicted octanol–water partition coefficient (Wildman–Crippen LogP) is 7.23. The molecule has 0 aliphatic rings. The van der Waals surface area contributed by atoms with E-state index in [9.17, 15) is 0 Å². The molecule has 0 aliphatic carbocycles. The number of rotatable bonds is 17. The molecule has 6 heteroatoms. The van der Waals surface area contributed by atoms with Gasteiger partial charge in [-0.1, -0.05) is 39.3 Å². The number of methoxy groups -OCH3 is 1. The number of hydrogen-bond acceptors (Lipinski definition) is 6. The van der Waals surface area contributed by atoms with E-state index < -0.39 is 0 Å². The van der Waals surface area contributed by atoms with Crippen LogP contribution in [0, 0.1) is 0 Å². The molecule has 6 nitrogen and oxygen atoms in total. The molecule has 0 aliphatic heterocycles. The molecule has 0 amide bonds. The monoisotopic (exact) mass is 500 g/mol. The Hall–Kier alpha value is -2.73. The van der Waals surface area contributed by atoms with Gasteiger partial charge in [0.2, 0.25) is 0 Å². The summed E-state index contributed by atoms with van der Waals surface area (Å²) in [6.07, 6.45) is 14.1. The Morgan fingerprint density at radius 1 is 0.972 bits per heavy atom. The first-order chi connectivity index (χ1) is 17.1. The average molecular weight is 501 g/mol. The number of nitrogens with zero attached hydrogens (tertiary/aromatic N) is 1. The Morgan fingerprint density at radius 3 is 2.19 bits per heavy atom. The third-order valence-electron chi connectivity index (χ3n) is 5.49. The summed E-state index contributed by atoms with van der Waals surface area (Å²) in [5.74, 6) is 2.62. The lowest BCUT2D eigenvalue weighted by molar-refractivity contribution is 0.149. The van der Waals surface area contributed by atoms with Gasteiger partial charge in [0.25, 0.3) is 0 Å². The standard InChI is InChI=1S/C30H52N4O2/c1-12-15-24(7)28(35-11)18-17-25(8)29(34-31-10)27(16-13-2)21-33-30(23(6)14-3)32-20-19-26(9)36-22(4)5/h15,17-20,22,31,33-34H,12-14,16,21H2,1-11H3/b24-15+,25-17+,26-19+,28-18+,29-27+,30-23?,32-20-. The number of aliphatic imine (C=N–C) groups is 1. The lowest BCUT2D eigenvalue weighted by Gasteiger charge is -2.19. The van der Waals surface area contributed by atoms with Crippen LogP contribution < -0.4 is 16.2 Å². The number of ether oxygens (including phenoxy) is 2. The number of hydrazine groups is 1. The summed E-state index contributed by atoms with van der Waals surface area (Å²) in [5.41, 5.74) is 12.3. The second-order valence-electron chi connectivity index (χ2n) is 9.04. The molecule has 36 heavy (non-hydrogen) atoms. The second-order valence-corrected chi connectivity index (χ2v) is 9.04. The largest absolute Gasteiger partial charge is 0.497 e. The van der Waals surface area contributed by atoms with Crippen LogP contribution in [0.1, 0.15) is 88.0 Å². The van der Waals surface area contributed by atoms with Gasteiger partial charge in [0.05, 0.1) is 24.7 Å². The molecular formula is C30H52N4O2. The van der Waals surface area contributed by atoms with Crippen molar-refractivity contribution in [2.75, 3.05) is 20.7 Å². The van der Waals surface area contributed by atoms with Crippen LogP contribution in [0.3, 0.4) is 0 Å². The minimum absolute atomic E-state index is 0.151. The highest BCUT2D eigenvalue weighted by atomic mass is 16.5. The Balaban J connectivity index is 6.10. The van der Waals surface area contributed by atoms with E-state index in [1.54, 1.807) is 7.11 Å². The molecule has 3 N–H and O–H groups in total. The van der Waals surface area contributed by atoms with Crippen LogP contribution in [0.15, 0.2) is 74.6 Å². The van der Waals surface area contributed by atoms with Crippen molar-refractivity contribution in [1.82, 2.24) is 16.2 Å². The SMILES string of the molecule is CC/C=C(C)/C(=C\C=C(C)\C(NNC)=C(\CCC)CNC(/N=C\C=C(/C)OC(C)C)=C(C)CC)OC. The fourth-order valence-electron chi connectivity index (χ4n) is 3.54. The van der Waals surface area contributed by atoms with Crippen LogP contribution >= 0.6 is 0 Å². The lowest BCUT2D eigenvalue weighted by Crippen LogP contribution is -2.30. The van der Waals surface area contributed by atoms with E-state index in [0.717, 1.165) is 59.9 Å². The summed E-state index contributed by atoms with van der Waals surface area (Å²) in [4.78, 5) is 4.71. The minimum Gasteiger partial charge on any atom is -0.497 e. The van der Waals surface area contributed by atoms with Gasteiger partial charge in [-0.25, -0.2) is 10.4 Å². The van der Waals surface area contributed by atoms with Crippen LogP contribution in [0.4, 0.5) is 0 Å². The normalized spacial score (nSPS) is 15.2. The van der Waals surface area contributed by atoms with Gasteiger partial charge in [-0.3, -0.25) is 0 Å². The van der Waals surface area contributed by atoms with Gasteiger partial charge in [-0.15, -0.1) is 0 Å². The Labute approximate surface area is 221 Å². The summed E-state index contributed by atoms with van der Waals surface area (Å²) >= 11 is 0. The topological polar surface area (TPSA) is 66.9 Å². The van der Waals surface area contributed by atoms with E-state index in [4.69, 9.17) is 14.5 Å². The van der Waals surface area contributed by atoms with Crippen molar-refractivity contribution in [2.45, 2.75) is 94.1 Å². The fraction of sp³-hybridized carbons (Fsp3) is 0.567. The van der Waals surface area contributed by atoms with Crippen molar-refractivity contribution in [1.29, 1.82) is 0 Å². The summed E-state index contributed by atoms with van der Waals surface area (Å²) < 4.78 is 11.3. The number of nitrogens with one attached hydrogen (secondary N) is 3. The van der Waals surface area contributed by atoms with Gasteiger partial charge >= 0.3 is 0 Å². The van der Waals surface area contributed by atoms with Crippen molar-refractivity contribution >= 4 is 6.21 Å². The zero-order valence-electron chi connectivity index (χ0n) is 24.8. The van der Waals surface area contributed by atoms with Crippen LogP contribution in [-0.2, 0) is 9.47 Å². The molecular weight excluding hydrogens is 448 g/mol. The molecule has 0 saturated carbocycles. The molecule has 0 aromatic carbocycles. The van der Waals surface area contributed by atoms with Crippen molar-refractivity contribution < 1.29 is 9.47 Å². The molecule has 0 bridgehead atoms. The van der Waals surface area contributed by atoms with E-state index >= 15 is 0 Å². The molecule has 204 valence electrons. The highest BCUT2D eigenvalue weighted by Gasteiger charge is 2.10. The van der Waals surface area contributed by atoms with E-state index in [1.165, 1.54) is 11.1 Å². The van der Waals surface area contributed by atoms with E-state index in [2.05, 4.69) is 69.9 Å². The molecule has 0 aromatic heterocycles. The summed E-state index contributed by atoms with van der Waals surface area (Å²) in [6.45, 7) is 19.5. The molecule has 0 fully saturated rings. The Bertz CT molecular complexity index is 871. The van der Waals surface area contributed by atoms with E-state index in [-0.39, 0.29) is 6.10 Å². The molecule has 0 atom stereocenters. The van der Waals surface area contributed by atoms with Crippen LogP contribution in [0.2, 0.25) is 0 Å². The molecule has 0 saturated heterocycles. The van der Waals surface area contributed by atoms with E-state index in [1.807, 2.05) is 46.2 Å². The maximum Gasteiger partial charge on any atom is 0.125 e. The molecule has 0 spiro atoms. The Morgan fingerprint density at radius 2 is 1.67 bits per heavy atom. The summed E-state index contributed by atoms with van der Waals surface area (Å²) in [5, 5.41) is 3.58. The average Bonchev–Trinajstić information content (AvgIpc) is 2.83. The molecule has 0 rings (SSSR count). The highest BCUT2D eigenvalue weighted by Crippen LogP contribution is 2.19. The molecule has 0 unspecified atom stereocenters. The van der Waals surface area contributed by atoms with Gasteiger partial charge in [0.1, 0.15) is 11.6 Å². The molecule has 0 radical (unpaired) electrons. The van der Waals surface area contributed by atoms with Crippen molar-refractivity contribution in [2.24, 2.45) is 4.99 Å². The first-order valence-corrected chi connectivity index (χ1v) is 13.2. The summed E-state index contributed by atoms with van der Waals surface area (Å²) in [6, 6.07) is 0. The van der Waals surface area contributed by atoms with Crippen molar-refractivity contribution in [3.63, 3.8) is 0 Å². The van der Waals surface area contributed by atoms with Gasteiger partial charge in [0.15, 0.2) is 0 Å².